The van der Waals surface area contributed by atoms with Crippen LogP contribution in [0.1, 0.15) is 6.92 Å². The van der Waals surface area contributed by atoms with E-state index in [0.29, 0.717) is 17.9 Å². The molecule has 0 radical (unpaired) electrons. The molecule has 3 rings (SSSR count). The Bertz CT molecular complexity index is 852. The van der Waals surface area contributed by atoms with Crippen LogP contribution in [0.2, 0.25) is 0 Å². The lowest BCUT2D eigenvalue weighted by atomic mass is 10.0. The van der Waals surface area contributed by atoms with Crippen LogP contribution in [0.5, 0.6) is 5.75 Å². The second-order valence-electron chi connectivity index (χ2n) is 5.39. The van der Waals surface area contributed by atoms with Crippen LogP contribution in [0.4, 0.5) is 0 Å². The predicted octanol–water partition coefficient (Wildman–Crippen LogP) is 3.87. The highest BCUT2D eigenvalue weighted by Gasteiger charge is 2.10. The van der Waals surface area contributed by atoms with Gasteiger partial charge in [-0.2, -0.15) is 0 Å². The molecule has 0 aliphatic rings. The van der Waals surface area contributed by atoms with Crippen LogP contribution in [-0.2, 0) is 4.74 Å². The lowest BCUT2D eigenvalue weighted by Gasteiger charge is -2.14. The molecule has 0 saturated carbocycles. The van der Waals surface area contributed by atoms with Gasteiger partial charge in [-0.15, -0.1) is 0 Å². The Balaban J connectivity index is 2.06. The van der Waals surface area contributed by atoms with Crippen LogP contribution in [0.15, 0.2) is 63.8 Å². The maximum Gasteiger partial charge on any atom is 0.336 e. The zero-order chi connectivity index (χ0) is 16.2. The van der Waals surface area contributed by atoms with Crippen LogP contribution < -0.4 is 10.4 Å². The molecule has 4 nitrogen and oxygen atoms in total. The summed E-state index contributed by atoms with van der Waals surface area (Å²) in [7, 11) is 1.63. The highest BCUT2D eigenvalue weighted by molar-refractivity contribution is 5.93. The lowest BCUT2D eigenvalue weighted by Crippen LogP contribution is -2.17. The van der Waals surface area contributed by atoms with Crippen molar-refractivity contribution in [2.24, 2.45) is 0 Å². The molecule has 0 amide bonds. The number of ether oxygens (including phenoxy) is 2. The molecule has 0 N–H and O–H groups in total. The summed E-state index contributed by atoms with van der Waals surface area (Å²) in [5, 5.41) is 0.877. The van der Waals surface area contributed by atoms with E-state index in [9.17, 15) is 4.79 Å². The van der Waals surface area contributed by atoms with Crippen LogP contribution in [-0.4, -0.2) is 19.8 Å². The van der Waals surface area contributed by atoms with Crippen molar-refractivity contribution < 1.29 is 13.9 Å². The monoisotopic (exact) mass is 310 g/mol. The zero-order valence-corrected chi connectivity index (χ0v) is 13.1. The SMILES string of the molecule is COC[C@@H](C)Oc1ccc2c(-c3ccccc3)cc(=O)oc2c1. The van der Waals surface area contributed by atoms with Gasteiger partial charge in [0.05, 0.1) is 6.61 Å². The van der Waals surface area contributed by atoms with Crippen molar-refractivity contribution in [3.63, 3.8) is 0 Å². The Hall–Kier alpha value is -2.59. The molecular weight excluding hydrogens is 292 g/mol. The van der Waals surface area contributed by atoms with E-state index in [0.717, 1.165) is 16.5 Å². The van der Waals surface area contributed by atoms with Crippen LogP contribution in [0.25, 0.3) is 22.1 Å². The fourth-order valence-corrected chi connectivity index (χ4v) is 2.57. The number of hydrogen-bond donors (Lipinski definition) is 0. The molecule has 0 fully saturated rings. The van der Waals surface area contributed by atoms with E-state index in [1.54, 1.807) is 13.2 Å². The molecule has 0 saturated heterocycles. The van der Waals surface area contributed by atoms with E-state index >= 15 is 0 Å². The van der Waals surface area contributed by atoms with Crippen molar-refractivity contribution in [2.45, 2.75) is 13.0 Å². The fraction of sp³-hybridized carbons (Fsp3) is 0.211. The average Bonchev–Trinajstić information content (AvgIpc) is 2.54. The number of fused-ring (bicyclic) bond motifs is 1. The van der Waals surface area contributed by atoms with Gasteiger partial charge in [0.25, 0.3) is 0 Å². The minimum absolute atomic E-state index is 0.0820. The van der Waals surface area contributed by atoms with Crippen molar-refractivity contribution in [1.82, 2.24) is 0 Å². The first-order valence-electron chi connectivity index (χ1n) is 7.46. The van der Waals surface area contributed by atoms with E-state index in [1.165, 1.54) is 6.07 Å². The summed E-state index contributed by atoms with van der Waals surface area (Å²) in [5.74, 6) is 0.649. The largest absolute Gasteiger partial charge is 0.488 e. The van der Waals surface area contributed by atoms with Gasteiger partial charge in [-0.25, -0.2) is 4.79 Å². The summed E-state index contributed by atoms with van der Waals surface area (Å²) in [5.41, 5.74) is 1.97. The highest BCUT2D eigenvalue weighted by Crippen LogP contribution is 2.29. The van der Waals surface area contributed by atoms with Crippen LogP contribution >= 0.6 is 0 Å². The molecule has 4 heteroatoms. The molecule has 1 heterocycles. The van der Waals surface area contributed by atoms with Gasteiger partial charge in [-0.1, -0.05) is 30.3 Å². The number of hydrogen-bond acceptors (Lipinski definition) is 4. The summed E-state index contributed by atoms with van der Waals surface area (Å²) in [6, 6.07) is 16.8. The molecule has 0 spiro atoms. The van der Waals surface area contributed by atoms with Gasteiger partial charge in [-0.05, 0) is 30.2 Å². The molecule has 0 bridgehead atoms. The Labute approximate surface area is 134 Å². The smallest absolute Gasteiger partial charge is 0.336 e. The molecule has 2 aromatic carbocycles. The minimum atomic E-state index is -0.376. The summed E-state index contributed by atoms with van der Waals surface area (Å²) in [6.45, 7) is 2.41. The minimum Gasteiger partial charge on any atom is -0.488 e. The first kappa shape index (κ1) is 15.3. The summed E-state index contributed by atoms with van der Waals surface area (Å²) < 4.78 is 16.2. The third-order valence-electron chi connectivity index (χ3n) is 3.54. The van der Waals surface area contributed by atoms with Crippen molar-refractivity contribution in [3.8, 4) is 16.9 Å². The predicted molar refractivity (Wildman–Crippen MR) is 89.9 cm³/mol. The third kappa shape index (κ3) is 3.43. The topological polar surface area (TPSA) is 48.7 Å². The molecule has 118 valence electrons. The number of methoxy groups -OCH3 is 1. The average molecular weight is 310 g/mol. The van der Waals surface area contributed by atoms with Crippen molar-refractivity contribution in [1.29, 1.82) is 0 Å². The van der Waals surface area contributed by atoms with E-state index < -0.39 is 0 Å². The summed E-state index contributed by atoms with van der Waals surface area (Å²) >= 11 is 0. The van der Waals surface area contributed by atoms with Crippen molar-refractivity contribution in [3.05, 3.63) is 65.0 Å². The zero-order valence-electron chi connectivity index (χ0n) is 13.1. The van der Waals surface area contributed by atoms with Crippen molar-refractivity contribution >= 4 is 11.0 Å². The van der Waals surface area contributed by atoms with E-state index in [2.05, 4.69) is 0 Å². The Kier molecular flexibility index (Phi) is 4.44. The molecule has 1 aromatic heterocycles. The van der Waals surface area contributed by atoms with Gasteiger partial charge >= 0.3 is 5.63 Å². The molecule has 0 unspecified atom stereocenters. The molecular formula is C19H18O4. The van der Waals surface area contributed by atoms with Gasteiger partial charge in [0, 0.05) is 24.6 Å². The van der Waals surface area contributed by atoms with Gasteiger partial charge in [0.15, 0.2) is 0 Å². The maximum absolute atomic E-state index is 11.9. The molecule has 23 heavy (non-hydrogen) atoms. The Morgan fingerprint density at radius 2 is 1.87 bits per heavy atom. The van der Waals surface area contributed by atoms with Crippen LogP contribution in [0, 0.1) is 0 Å². The fourth-order valence-electron chi connectivity index (χ4n) is 2.57. The van der Waals surface area contributed by atoms with Gasteiger partial charge in [-0.3, -0.25) is 0 Å². The van der Waals surface area contributed by atoms with Gasteiger partial charge in [0.2, 0.25) is 0 Å². The summed E-state index contributed by atoms with van der Waals surface area (Å²) in [4.78, 5) is 11.9. The molecule has 1 atom stereocenters. The third-order valence-corrected chi connectivity index (χ3v) is 3.54. The second-order valence-corrected chi connectivity index (χ2v) is 5.39. The number of rotatable bonds is 5. The van der Waals surface area contributed by atoms with Crippen LogP contribution in [0.3, 0.4) is 0 Å². The molecule has 3 aromatic rings. The van der Waals surface area contributed by atoms with E-state index in [-0.39, 0.29) is 11.7 Å². The Morgan fingerprint density at radius 3 is 2.61 bits per heavy atom. The lowest BCUT2D eigenvalue weighted by molar-refractivity contribution is 0.0921. The van der Waals surface area contributed by atoms with E-state index in [1.807, 2.05) is 49.4 Å². The second kappa shape index (κ2) is 6.67. The van der Waals surface area contributed by atoms with Gasteiger partial charge in [0.1, 0.15) is 17.4 Å². The van der Waals surface area contributed by atoms with E-state index in [4.69, 9.17) is 13.9 Å². The highest BCUT2D eigenvalue weighted by atomic mass is 16.5. The molecule has 0 aliphatic heterocycles. The van der Waals surface area contributed by atoms with Crippen molar-refractivity contribution in [2.75, 3.05) is 13.7 Å². The molecule has 0 aliphatic carbocycles. The first-order chi connectivity index (χ1) is 11.2. The van der Waals surface area contributed by atoms with Gasteiger partial charge < -0.3 is 13.9 Å². The maximum atomic E-state index is 11.9. The standard InChI is InChI=1S/C19H18O4/c1-13(12-21-2)22-15-8-9-16-17(14-6-4-3-5-7-14)11-19(20)23-18(16)10-15/h3-11,13H,12H2,1-2H3/t13-/m1/s1. The normalized spacial score (nSPS) is 12.3. The number of benzene rings is 2. The summed E-state index contributed by atoms with van der Waals surface area (Å²) in [6.07, 6.45) is -0.0820. The first-order valence-corrected chi connectivity index (χ1v) is 7.46. The Morgan fingerprint density at radius 1 is 1.09 bits per heavy atom. The quantitative estimate of drug-likeness (QED) is 0.671.